The van der Waals surface area contributed by atoms with Crippen LogP contribution in [0.2, 0.25) is 0 Å². The van der Waals surface area contributed by atoms with E-state index < -0.39 is 6.08 Å². The average molecular weight is 305 g/mol. The Kier molecular flexibility index (Phi) is 3.39. The van der Waals surface area contributed by atoms with Gasteiger partial charge in [0.25, 0.3) is 0 Å². The highest BCUT2D eigenvalue weighted by molar-refractivity contribution is 5.79. The molecular weight excluding hydrogens is 272 g/mol. The van der Waals surface area contributed by atoms with Crippen LogP contribution in [0.3, 0.4) is 0 Å². The molecule has 0 heterocycles. The van der Waals surface area contributed by atoms with Gasteiger partial charge in [0.1, 0.15) is 5.78 Å². The Morgan fingerprint density at radius 3 is 2.59 bits per heavy atom. The molecule has 0 amide bonds. The summed E-state index contributed by atoms with van der Waals surface area (Å²) in [6, 6.07) is 0. The van der Waals surface area contributed by atoms with Gasteiger partial charge in [0, 0.05) is 5.92 Å². The van der Waals surface area contributed by atoms with Crippen LogP contribution in [-0.2, 0) is 4.79 Å². The maximum absolute atomic E-state index is 12.1. The van der Waals surface area contributed by atoms with Crippen molar-refractivity contribution in [1.29, 1.82) is 0 Å². The predicted molar refractivity (Wildman–Crippen MR) is 87.3 cm³/mol. The molecule has 1 N–H and O–H groups in total. The summed E-state index contributed by atoms with van der Waals surface area (Å²) in [6.45, 7) is 4.21. The van der Waals surface area contributed by atoms with E-state index >= 15 is 0 Å². The van der Waals surface area contributed by atoms with Crippen molar-refractivity contribution in [2.24, 2.45) is 40.9 Å². The Balaban J connectivity index is 1.56. The lowest BCUT2D eigenvalue weighted by atomic mass is 9.49. The SMILES string of the molecule is [2H][C@@]1(O)CC[C@H]2[C@@H](CC[C@@H]3[C@@H]2CC[C@]2(C)[C@@H](C(C)=O)CC[C@@H]32)C1. The molecule has 2 heteroatoms. The van der Waals surface area contributed by atoms with Gasteiger partial charge >= 0.3 is 0 Å². The van der Waals surface area contributed by atoms with E-state index in [9.17, 15) is 9.90 Å². The predicted octanol–water partition coefficient (Wildman–Crippen LogP) is 4.21. The highest BCUT2D eigenvalue weighted by atomic mass is 16.3. The fourth-order valence-electron chi connectivity index (χ4n) is 7.34. The summed E-state index contributed by atoms with van der Waals surface area (Å²) in [7, 11) is 0. The van der Waals surface area contributed by atoms with Gasteiger partial charge in [-0.3, -0.25) is 4.79 Å². The topological polar surface area (TPSA) is 37.3 Å². The lowest BCUT2D eigenvalue weighted by molar-refractivity contribution is -0.128. The zero-order chi connectivity index (χ0) is 16.4. The molecule has 0 aromatic rings. The van der Waals surface area contributed by atoms with Gasteiger partial charge in [-0.15, -0.1) is 0 Å². The van der Waals surface area contributed by atoms with Crippen LogP contribution in [0.5, 0.6) is 0 Å². The van der Waals surface area contributed by atoms with Crippen molar-refractivity contribution < 1.29 is 11.3 Å². The van der Waals surface area contributed by atoms with Crippen molar-refractivity contribution >= 4 is 5.78 Å². The smallest absolute Gasteiger partial charge is 0.133 e. The molecule has 4 saturated carbocycles. The van der Waals surface area contributed by atoms with Crippen molar-refractivity contribution in [3.8, 4) is 0 Å². The number of fused-ring (bicyclic) bond motifs is 5. The van der Waals surface area contributed by atoms with Crippen LogP contribution in [0, 0.1) is 40.9 Å². The van der Waals surface area contributed by atoms with Gasteiger partial charge < -0.3 is 5.11 Å². The van der Waals surface area contributed by atoms with Crippen LogP contribution in [0.4, 0.5) is 0 Å². The van der Waals surface area contributed by atoms with Crippen molar-refractivity contribution in [2.45, 2.75) is 77.7 Å². The van der Waals surface area contributed by atoms with Gasteiger partial charge in [0.05, 0.1) is 7.45 Å². The largest absolute Gasteiger partial charge is 0.393 e. The molecule has 22 heavy (non-hydrogen) atoms. The summed E-state index contributed by atoms with van der Waals surface area (Å²) >= 11 is 0. The molecule has 0 saturated heterocycles. The van der Waals surface area contributed by atoms with Crippen LogP contribution in [-0.4, -0.2) is 17.0 Å². The molecule has 0 bridgehead atoms. The summed E-state index contributed by atoms with van der Waals surface area (Å²) < 4.78 is 8.02. The van der Waals surface area contributed by atoms with E-state index in [-0.39, 0.29) is 5.41 Å². The van der Waals surface area contributed by atoms with Gasteiger partial charge in [0.15, 0.2) is 0 Å². The second kappa shape index (κ2) is 5.33. The Labute approximate surface area is 136 Å². The highest BCUT2D eigenvalue weighted by Crippen LogP contribution is 2.64. The molecule has 4 fully saturated rings. The Morgan fingerprint density at radius 1 is 1.05 bits per heavy atom. The maximum Gasteiger partial charge on any atom is 0.133 e. The number of hydrogen-bond donors (Lipinski definition) is 1. The lowest BCUT2D eigenvalue weighted by Crippen LogP contribution is -2.49. The molecule has 0 spiro atoms. The first kappa shape index (κ1) is 14.0. The average Bonchev–Trinajstić information content (AvgIpc) is 2.83. The Bertz CT molecular complexity index is 502. The summed E-state index contributed by atoms with van der Waals surface area (Å²) in [6.07, 6.45) is 8.57. The van der Waals surface area contributed by atoms with Gasteiger partial charge in [0.2, 0.25) is 0 Å². The molecule has 0 unspecified atom stereocenters. The standard InChI is InChI=1S/C20H32O2/c1-12(21)18-7-8-19-17-5-3-13-11-14(22)4-6-15(13)16(17)9-10-20(18,19)2/h13-19,22H,3-11H2,1-2H3/t13-,14+,15-,16+,17+,18+,19-,20+/m0/s1/i14D. The fraction of sp³-hybridized carbons (Fsp3) is 0.950. The van der Waals surface area contributed by atoms with Crippen LogP contribution < -0.4 is 0 Å². The van der Waals surface area contributed by atoms with Gasteiger partial charge in [-0.25, -0.2) is 0 Å². The Morgan fingerprint density at radius 2 is 1.82 bits per heavy atom. The molecule has 2 nitrogen and oxygen atoms in total. The minimum atomic E-state index is -1.16. The summed E-state index contributed by atoms with van der Waals surface area (Å²) in [5, 5.41) is 10.1. The molecular formula is C20H32O2. The lowest BCUT2D eigenvalue weighted by Gasteiger charge is -2.56. The van der Waals surface area contributed by atoms with Crippen molar-refractivity contribution in [3.63, 3.8) is 0 Å². The van der Waals surface area contributed by atoms with E-state index in [4.69, 9.17) is 1.37 Å². The van der Waals surface area contributed by atoms with Gasteiger partial charge in [-0.2, -0.15) is 0 Å². The van der Waals surface area contributed by atoms with Crippen LogP contribution >= 0.6 is 0 Å². The first-order valence-corrected chi connectivity index (χ1v) is 9.55. The van der Waals surface area contributed by atoms with E-state index in [1.54, 1.807) is 6.92 Å². The van der Waals surface area contributed by atoms with Crippen LogP contribution in [0.15, 0.2) is 0 Å². The summed E-state index contributed by atoms with van der Waals surface area (Å²) in [5.41, 5.74) is 0.255. The minimum absolute atomic E-state index is 0.255. The maximum atomic E-state index is 12.1. The quantitative estimate of drug-likeness (QED) is 0.788. The molecule has 0 radical (unpaired) electrons. The molecule has 4 rings (SSSR count). The van der Waals surface area contributed by atoms with E-state index in [2.05, 4.69) is 6.92 Å². The van der Waals surface area contributed by atoms with Crippen molar-refractivity contribution in [3.05, 3.63) is 0 Å². The van der Waals surface area contributed by atoms with Crippen molar-refractivity contribution in [1.82, 2.24) is 0 Å². The summed E-state index contributed by atoms with van der Waals surface area (Å²) in [5.74, 6) is 4.37. The molecule has 0 aromatic carbocycles. The monoisotopic (exact) mass is 305 g/mol. The molecule has 0 aromatic heterocycles. The fourth-order valence-corrected chi connectivity index (χ4v) is 7.34. The van der Waals surface area contributed by atoms with Crippen LogP contribution in [0.25, 0.3) is 0 Å². The van der Waals surface area contributed by atoms with Crippen molar-refractivity contribution in [2.75, 3.05) is 0 Å². The third kappa shape index (κ3) is 2.12. The number of Topliss-reactive ketones (excluding diaryl/α,β-unsaturated/α-hetero) is 1. The van der Waals surface area contributed by atoms with Crippen LogP contribution in [0.1, 0.15) is 73.0 Å². The van der Waals surface area contributed by atoms with E-state index in [0.29, 0.717) is 30.5 Å². The zero-order valence-corrected chi connectivity index (χ0v) is 14.2. The number of ketones is 1. The normalized spacial score (nSPS) is 58.2. The first-order chi connectivity index (χ1) is 10.8. The molecule has 4 aliphatic rings. The number of rotatable bonds is 1. The third-order valence-corrected chi connectivity index (χ3v) is 8.27. The van der Waals surface area contributed by atoms with E-state index in [1.807, 2.05) is 0 Å². The minimum Gasteiger partial charge on any atom is -0.393 e. The number of carbonyl (C=O) groups is 1. The highest BCUT2D eigenvalue weighted by Gasteiger charge is 2.57. The number of hydrogen-bond acceptors (Lipinski definition) is 2. The molecule has 4 aliphatic carbocycles. The zero-order valence-electron chi connectivity index (χ0n) is 15.2. The number of aliphatic hydroxyl groups is 1. The second-order valence-corrected chi connectivity index (χ2v) is 9.03. The molecule has 8 atom stereocenters. The molecule has 124 valence electrons. The summed E-state index contributed by atoms with van der Waals surface area (Å²) in [4.78, 5) is 12.1. The van der Waals surface area contributed by atoms with Gasteiger partial charge in [-0.05, 0) is 99.7 Å². The first-order valence-electron chi connectivity index (χ1n) is 10.0. The van der Waals surface area contributed by atoms with E-state index in [0.717, 1.165) is 36.5 Å². The molecule has 0 aliphatic heterocycles. The second-order valence-electron chi connectivity index (χ2n) is 9.03. The van der Waals surface area contributed by atoms with Gasteiger partial charge in [-0.1, -0.05) is 6.92 Å². The third-order valence-electron chi connectivity index (χ3n) is 8.27. The van der Waals surface area contributed by atoms with E-state index in [1.165, 1.54) is 32.1 Å². The number of carbonyl (C=O) groups excluding carboxylic acids is 1. The Hall–Kier alpha value is -0.370.